The van der Waals surface area contributed by atoms with E-state index in [1.165, 1.54) is 6.26 Å². The lowest BCUT2D eigenvalue weighted by atomic mass is 10.4. The molecule has 0 aromatic rings. The van der Waals surface area contributed by atoms with Crippen molar-refractivity contribution in [3.8, 4) is 0 Å². The van der Waals surface area contributed by atoms with E-state index in [0.29, 0.717) is 6.42 Å². The van der Waals surface area contributed by atoms with E-state index in [4.69, 9.17) is 0 Å². The second-order valence-corrected chi connectivity index (χ2v) is 1.22. The van der Waals surface area contributed by atoms with Gasteiger partial charge in [-0.1, -0.05) is 7.43 Å². The summed E-state index contributed by atoms with van der Waals surface area (Å²) in [7, 11) is 0. The molecule has 0 aromatic heterocycles. The first-order valence-electron chi connectivity index (χ1n) is 1.99. The summed E-state index contributed by atoms with van der Waals surface area (Å²) in [5.41, 5.74) is 2.16. The predicted molar refractivity (Wildman–Crippen MR) is 29.7 cm³/mol. The molecule has 0 atom stereocenters. The monoisotopic (exact) mass is 115 g/mol. The molecule has 1 amide bonds. The van der Waals surface area contributed by atoms with Crippen LogP contribution in [0.1, 0.15) is 13.8 Å². The molecule has 1 rings (SSSR count). The number of hydroxylamine groups is 1. The molecule has 3 nitrogen and oxygen atoms in total. The van der Waals surface area contributed by atoms with Gasteiger partial charge in [-0.3, -0.25) is 4.79 Å². The van der Waals surface area contributed by atoms with Gasteiger partial charge in [0.2, 0.25) is 0 Å². The lowest BCUT2D eigenvalue weighted by molar-refractivity contribution is -0.130. The summed E-state index contributed by atoms with van der Waals surface area (Å²) in [6.07, 6.45) is 3.53. The van der Waals surface area contributed by atoms with E-state index < -0.39 is 0 Å². The molecule has 1 heterocycles. The first-order valence-corrected chi connectivity index (χ1v) is 1.99. The summed E-state index contributed by atoms with van der Waals surface area (Å²) in [6.45, 7) is 0. The molecule has 0 aromatic carbocycles. The average molecular weight is 115 g/mol. The topological polar surface area (TPSA) is 38.3 Å². The van der Waals surface area contributed by atoms with Crippen molar-refractivity contribution in [1.82, 2.24) is 5.48 Å². The maximum absolute atomic E-state index is 10.2. The Morgan fingerprint density at radius 1 is 1.75 bits per heavy atom. The summed E-state index contributed by atoms with van der Waals surface area (Å²) < 4.78 is 0. The number of nitrogens with one attached hydrogen (secondary N) is 1. The summed E-state index contributed by atoms with van der Waals surface area (Å²) >= 11 is 0. The van der Waals surface area contributed by atoms with Crippen molar-refractivity contribution >= 4 is 5.91 Å². The molecule has 0 unspecified atom stereocenters. The van der Waals surface area contributed by atoms with Crippen LogP contribution in [0.3, 0.4) is 0 Å². The number of rotatable bonds is 0. The van der Waals surface area contributed by atoms with E-state index in [9.17, 15) is 4.79 Å². The molecule has 1 N–H and O–H groups in total. The van der Waals surface area contributed by atoms with Crippen LogP contribution in [0.4, 0.5) is 0 Å². The molecule has 46 valence electrons. The van der Waals surface area contributed by atoms with Crippen molar-refractivity contribution in [2.45, 2.75) is 13.8 Å². The fraction of sp³-hybridized carbons (Fsp3) is 0.400. The third-order valence-corrected chi connectivity index (χ3v) is 0.640. The smallest absolute Gasteiger partial charge is 0.256 e. The van der Waals surface area contributed by atoms with Gasteiger partial charge in [0.05, 0.1) is 6.42 Å². The highest BCUT2D eigenvalue weighted by Crippen LogP contribution is 1.88. The SMILES string of the molecule is C.O=C1CC=CON1. The van der Waals surface area contributed by atoms with E-state index in [1.54, 1.807) is 6.08 Å². The van der Waals surface area contributed by atoms with Crippen molar-refractivity contribution in [1.29, 1.82) is 0 Å². The quantitative estimate of drug-likeness (QED) is 0.501. The van der Waals surface area contributed by atoms with Crippen molar-refractivity contribution in [3.05, 3.63) is 12.3 Å². The van der Waals surface area contributed by atoms with Crippen LogP contribution < -0.4 is 5.48 Å². The Hall–Kier alpha value is -0.990. The lowest BCUT2D eigenvalue weighted by Crippen LogP contribution is -2.22. The first-order chi connectivity index (χ1) is 3.39. The minimum atomic E-state index is -0.0949. The number of carbonyl (C=O) groups excluding carboxylic acids is 1. The standard InChI is InChI=1S/C4H5NO2.CH4/c6-4-2-1-3-7-5-4;/h1,3H,2H2,(H,5,6);1H4. The van der Waals surface area contributed by atoms with Gasteiger partial charge < -0.3 is 4.84 Å². The predicted octanol–water partition coefficient (Wildman–Crippen LogP) is 0.588. The van der Waals surface area contributed by atoms with Crippen LogP contribution in [-0.2, 0) is 9.63 Å². The number of hydrogen-bond donors (Lipinski definition) is 1. The van der Waals surface area contributed by atoms with Gasteiger partial charge in [0.1, 0.15) is 6.26 Å². The van der Waals surface area contributed by atoms with E-state index in [1.807, 2.05) is 0 Å². The highest BCUT2D eigenvalue weighted by molar-refractivity contribution is 5.76. The lowest BCUT2D eigenvalue weighted by Gasteiger charge is -2.03. The van der Waals surface area contributed by atoms with E-state index in [-0.39, 0.29) is 13.3 Å². The fourth-order valence-corrected chi connectivity index (χ4v) is 0.345. The van der Waals surface area contributed by atoms with Crippen molar-refractivity contribution in [2.24, 2.45) is 0 Å². The van der Waals surface area contributed by atoms with E-state index in [0.717, 1.165) is 0 Å². The van der Waals surface area contributed by atoms with Crippen LogP contribution in [0.2, 0.25) is 0 Å². The highest BCUT2D eigenvalue weighted by Gasteiger charge is 1.98. The normalized spacial score (nSPS) is 15.8. The molecule has 8 heavy (non-hydrogen) atoms. The number of carbonyl (C=O) groups is 1. The third kappa shape index (κ3) is 1.64. The Morgan fingerprint density at radius 3 is 2.75 bits per heavy atom. The molecule has 0 saturated heterocycles. The van der Waals surface area contributed by atoms with Gasteiger partial charge in [-0.15, -0.1) is 0 Å². The van der Waals surface area contributed by atoms with Gasteiger partial charge in [-0.25, -0.2) is 0 Å². The maximum Gasteiger partial charge on any atom is 0.256 e. The zero-order chi connectivity index (χ0) is 5.11. The molecule has 0 radical (unpaired) electrons. The van der Waals surface area contributed by atoms with Crippen molar-refractivity contribution in [3.63, 3.8) is 0 Å². The fourth-order valence-electron chi connectivity index (χ4n) is 0.345. The summed E-state index contributed by atoms with van der Waals surface area (Å²) in [5.74, 6) is -0.0949. The van der Waals surface area contributed by atoms with Crippen LogP contribution in [0.15, 0.2) is 12.3 Å². The zero-order valence-corrected chi connectivity index (χ0v) is 3.68. The Balaban J connectivity index is 0.000000490. The molecule has 1 aliphatic rings. The molecule has 0 bridgehead atoms. The van der Waals surface area contributed by atoms with Crippen LogP contribution in [0.25, 0.3) is 0 Å². The van der Waals surface area contributed by atoms with E-state index >= 15 is 0 Å². The van der Waals surface area contributed by atoms with Crippen molar-refractivity contribution in [2.75, 3.05) is 0 Å². The van der Waals surface area contributed by atoms with Gasteiger partial charge in [0, 0.05) is 0 Å². The minimum absolute atomic E-state index is 0. The summed E-state index contributed by atoms with van der Waals surface area (Å²) in [4.78, 5) is 14.6. The largest absolute Gasteiger partial charge is 0.388 e. The van der Waals surface area contributed by atoms with Gasteiger partial charge in [-0.05, 0) is 6.08 Å². The maximum atomic E-state index is 10.2. The molecule has 0 saturated carbocycles. The van der Waals surface area contributed by atoms with Gasteiger partial charge in [0.15, 0.2) is 0 Å². The highest BCUT2D eigenvalue weighted by atomic mass is 16.6. The molecule has 3 heteroatoms. The zero-order valence-electron chi connectivity index (χ0n) is 3.68. The molecular formula is C5H9NO2. The average Bonchev–Trinajstić information content (AvgIpc) is 1.69. The minimum Gasteiger partial charge on any atom is -0.388 e. The molecule has 1 aliphatic heterocycles. The van der Waals surface area contributed by atoms with Gasteiger partial charge >= 0.3 is 0 Å². The summed E-state index contributed by atoms with van der Waals surface area (Å²) in [5, 5.41) is 0. The van der Waals surface area contributed by atoms with Crippen LogP contribution in [0.5, 0.6) is 0 Å². The van der Waals surface area contributed by atoms with Crippen LogP contribution in [0, 0.1) is 0 Å². The number of hydrogen-bond acceptors (Lipinski definition) is 2. The Kier molecular flexibility index (Phi) is 2.69. The second-order valence-electron chi connectivity index (χ2n) is 1.22. The molecule has 0 spiro atoms. The Labute approximate surface area is 48.3 Å². The van der Waals surface area contributed by atoms with Gasteiger partial charge in [0.25, 0.3) is 5.91 Å². The van der Waals surface area contributed by atoms with Gasteiger partial charge in [-0.2, -0.15) is 5.48 Å². The molecule has 0 aliphatic carbocycles. The summed E-state index contributed by atoms with van der Waals surface area (Å²) in [6, 6.07) is 0. The van der Waals surface area contributed by atoms with Crippen LogP contribution in [-0.4, -0.2) is 5.91 Å². The Morgan fingerprint density at radius 2 is 2.50 bits per heavy atom. The molecule has 0 fully saturated rings. The first kappa shape index (κ1) is 7.01. The third-order valence-electron chi connectivity index (χ3n) is 0.640. The van der Waals surface area contributed by atoms with E-state index in [2.05, 4.69) is 10.3 Å². The molecular weight excluding hydrogens is 106 g/mol. The number of amides is 1. The van der Waals surface area contributed by atoms with Crippen LogP contribution >= 0.6 is 0 Å². The second kappa shape index (κ2) is 3.07. The van der Waals surface area contributed by atoms with Crippen molar-refractivity contribution < 1.29 is 9.63 Å². The Bertz CT molecular complexity index is 109.